The van der Waals surface area contributed by atoms with Gasteiger partial charge in [0.05, 0.1) is 9.75 Å². The van der Waals surface area contributed by atoms with Crippen LogP contribution in [0.2, 0.25) is 0 Å². The number of carbonyl (C=O) groups is 2. The minimum Gasteiger partial charge on any atom is -0.296 e. The van der Waals surface area contributed by atoms with E-state index < -0.39 is 0 Å². The number of thiophene rings is 1. The Balaban J connectivity index is 2.01. The molecule has 0 aliphatic carbocycles. The van der Waals surface area contributed by atoms with Gasteiger partial charge in [-0.05, 0) is 19.1 Å². The van der Waals surface area contributed by atoms with Gasteiger partial charge in [0, 0.05) is 5.75 Å². The Kier molecular flexibility index (Phi) is 5.05. The van der Waals surface area contributed by atoms with Crippen molar-refractivity contribution in [1.82, 2.24) is 10.2 Å². The van der Waals surface area contributed by atoms with Gasteiger partial charge in [-0.3, -0.25) is 14.9 Å². The Hall–Kier alpha value is -1.51. The molecule has 0 aliphatic heterocycles. The summed E-state index contributed by atoms with van der Waals surface area (Å²) in [6.07, 6.45) is 1.78. The zero-order valence-corrected chi connectivity index (χ0v) is 13.0. The van der Waals surface area contributed by atoms with Crippen molar-refractivity contribution in [3.8, 4) is 0 Å². The van der Waals surface area contributed by atoms with Crippen LogP contribution in [0.15, 0.2) is 29.1 Å². The summed E-state index contributed by atoms with van der Waals surface area (Å²) in [4.78, 5) is 24.2. The summed E-state index contributed by atoms with van der Waals surface area (Å²) >= 11 is 3.98. The monoisotopic (exact) mass is 325 g/mol. The molecule has 5 nitrogen and oxygen atoms in total. The van der Waals surface area contributed by atoms with Gasteiger partial charge in [0.15, 0.2) is 10.1 Å². The quantitative estimate of drug-likeness (QED) is 0.382. The van der Waals surface area contributed by atoms with Crippen LogP contribution in [-0.4, -0.2) is 27.6 Å². The first-order chi connectivity index (χ1) is 9.60. The second-order valence-corrected chi connectivity index (χ2v) is 6.98. The summed E-state index contributed by atoms with van der Waals surface area (Å²) in [5.74, 6) is 0.419. The largest absolute Gasteiger partial charge is 0.296 e. The van der Waals surface area contributed by atoms with Gasteiger partial charge in [-0.1, -0.05) is 29.2 Å². The summed E-state index contributed by atoms with van der Waals surface area (Å²) in [6.45, 7) is 5.10. The van der Waals surface area contributed by atoms with Crippen molar-refractivity contribution < 1.29 is 9.59 Å². The number of hydrogen-bond donors (Lipinski definition) is 1. The average molecular weight is 325 g/mol. The smallest absolute Gasteiger partial charge is 0.267 e. The van der Waals surface area contributed by atoms with Gasteiger partial charge < -0.3 is 0 Å². The number of ketones is 1. The molecule has 20 heavy (non-hydrogen) atoms. The van der Waals surface area contributed by atoms with E-state index in [1.165, 1.54) is 41.4 Å². The second-order valence-electron chi connectivity index (χ2n) is 3.65. The van der Waals surface area contributed by atoms with Crippen LogP contribution in [0.25, 0.3) is 0 Å². The minimum absolute atomic E-state index is 0.0481. The van der Waals surface area contributed by atoms with Crippen molar-refractivity contribution in [3.63, 3.8) is 0 Å². The van der Waals surface area contributed by atoms with Crippen molar-refractivity contribution in [2.75, 3.05) is 11.1 Å². The van der Waals surface area contributed by atoms with Crippen LogP contribution in [0, 0.1) is 0 Å². The SMILES string of the molecule is C=CCSc1nnc(NC(=O)c2ccc(C(C)=O)s2)s1. The molecule has 0 aliphatic rings. The predicted molar refractivity (Wildman–Crippen MR) is 83.1 cm³/mol. The molecule has 0 fully saturated rings. The molecule has 1 amide bonds. The number of carbonyl (C=O) groups excluding carboxylic acids is 2. The maximum Gasteiger partial charge on any atom is 0.267 e. The third-order valence-electron chi connectivity index (χ3n) is 2.13. The second kappa shape index (κ2) is 6.78. The molecule has 0 spiro atoms. The Morgan fingerprint density at radius 3 is 2.75 bits per heavy atom. The maximum atomic E-state index is 12.0. The number of anilines is 1. The normalized spacial score (nSPS) is 10.2. The van der Waals surface area contributed by atoms with Gasteiger partial charge in [-0.2, -0.15) is 0 Å². The summed E-state index contributed by atoms with van der Waals surface area (Å²) in [7, 11) is 0. The standard InChI is InChI=1S/C12H11N3O2S3/c1-3-6-18-12-15-14-11(20-12)13-10(17)9-5-4-8(19-9)7(2)16/h3-5H,1,6H2,2H3,(H,13,14,17). The maximum absolute atomic E-state index is 12.0. The number of rotatable bonds is 6. The van der Waals surface area contributed by atoms with Crippen LogP contribution >= 0.6 is 34.4 Å². The Labute approximate surface area is 128 Å². The van der Waals surface area contributed by atoms with Crippen LogP contribution in [0.1, 0.15) is 26.3 Å². The number of Topliss-reactive ketones (excluding diaryl/α,β-unsaturated/α-hetero) is 1. The Morgan fingerprint density at radius 1 is 1.35 bits per heavy atom. The molecule has 0 aromatic carbocycles. The fourth-order valence-corrected chi connectivity index (χ4v) is 3.56. The fourth-order valence-electron chi connectivity index (χ4n) is 1.26. The van der Waals surface area contributed by atoms with Crippen molar-refractivity contribution in [2.24, 2.45) is 0 Å². The molecule has 2 aromatic heterocycles. The van der Waals surface area contributed by atoms with Crippen molar-refractivity contribution >= 4 is 51.3 Å². The molecule has 2 heterocycles. The lowest BCUT2D eigenvalue weighted by Gasteiger charge is -1.96. The molecule has 0 saturated heterocycles. The van der Waals surface area contributed by atoms with Gasteiger partial charge >= 0.3 is 0 Å². The molecule has 2 aromatic rings. The zero-order chi connectivity index (χ0) is 14.5. The number of amides is 1. The first-order valence-corrected chi connectivity index (χ1v) is 8.21. The number of nitrogens with one attached hydrogen (secondary N) is 1. The molecular formula is C12H11N3O2S3. The number of aromatic nitrogens is 2. The highest BCUT2D eigenvalue weighted by atomic mass is 32.2. The van der Waals surface area contributed by atoms with Gasteiger partial charge in [0.2, 0.25) is 5.13 Å². The summed E-state index contributed by atoms with van der Waals surface area (Å²) < 4.78 is 0.774. The molecule has 0 atom stereocenters. The lowest BCUT2D eigenvalue weighted by Crippen LogP contribution is -2.09. The van der Waals surface area contributed by atoms with E-state index in [-0.39, 0.29) is 11.7 Å². The van der Waals surface area contributed by atoms with Crippen LogP contribution in [0.4, 0.5) is 5.13 Å². The zero-order valence-electron chi connectivity index (χ0n) is 10.6. The van der Waals surface area contributed by atoms with E-state index >= 15 is 0 Å². The number of hydrogen-bond acceptors (Lipinski definition) is 7. The van der Waals surface area contributed by atoms with Gasteiger partial charge in [0.25, 0.3) is 5.91 Å². The fraction of sp³-hybridized carbons (Fsp3) is 0.167. The molecule has 2 rings (SSSR count). The molecule has 0 radical (unpaired) electrons. The first kappa shape index (κ1) is 14.9. The molecule has 0 saturated carbocycles. The van der Waals surface area contributed by atoms with Crippen molar-refractivity contribution in [1.29, 1.82) is 0 Å². The van der Waals surface area contributed by atoms with E-state index in [1.807, 2.05) is 0 Å². The lowest BCUT2D eigenvalue weighted by atomic mass is 10.3. The van der Waals surface area contributed by atoms with E-state index in [9.17, 15) is 9.59 Å². The minimum atomic E-state index is -0.279. The predicted octanol–water partition coefficient (Wildman–Crippen LogP) is 3.33. The summed E-state index contributed by atoms with van der Waals surface area (Å²) in [6, 6.07) is 3.28. The van der Waals surface area contributed by atoms with Crippen LogP contribution < -0.4 is 5.32 Å². The first-order valence-electron chi connectivity index (χ1n) is 5.59. The highest BCUT2D eigenvalue weighted by Gasteiger charge is 2.13. The van der Waals surface area contributed by atoms with E-state index in [0.29, 0.717) is 14.9 Å². The molecule has 0 unspecified atom stereocenters. The van der Waals surface area contributed by atoms with Gasteiger partial charge in [-0.15, -0.1) is 28.1 Å². The van der Waals surface area contributed by atoms with Crippen LogP contribution in [0.5, 0.6) is 0 Å². The van der Waals surface area contributed by atoms with E-state index in [1.54, 1.807) is 18.2 Å². The van der Waals surface area contributed by atoms with Crippen LogP contribution in [0.3, 0.4) is 0 Å². The molecule has 0 bridgehead atoms. The average Bonchev–Trinajstić information content (AvgIpc) is 3.05. The molecule has 1 N–H and O–H groups in total. The third kappa shape index (κ3) is 3.75. The van der Waals surface area contributed by atoms with Crippen molar-refractivity contribution in [3.05, 3.63) is 34.5 Å². The van der Waals surface area contributed by atoms with E-state index in [4.69, 9.17) is 0 Å². The van der Waals surface area contributed by atoms with Crippen LogP contribution in [-0.2, 0) is 0 Å². The van der Waals surface area contributed by atoms with Crippen molar-refractivity contribution in [2.45, 2.75) is 11.3 Å². The molecule has 8 heteroatoms. The van der Waals surface area contributed by atoms with E-state index in [2.05, 4.69) is 22.1 Å². The Bertz CT molecular complexity index is 648. The van der Waals surface area contributed by atoms with Gasteiger partial charge in [0.1, 0.15) is 0 Å². The van der Waals surface area contributed by atoms with Gasteiger partial charge in [-0.25, -0.2) is 0 Å². The summed E-state index contributed by atoms with van der Waals surface area (Å²) in [5, 5.41) is 11.0. The highest BCUT2D eigenvalue weighted by molar-refractivity contribution is 8.01. The van der Waals surface area contributed by atoms with E-state index in [0.717, 1.165) is 10.1 Å². The lowest BCUT2D eigenvalue weighted by molar-refractivity contribution is 0.101. The molecular weight excluding hydrogens is 314 g/mol. The number of thioether (sulfide) groups is 1. The topological polar surface area (TPSA) is 72.0 Å². The molecule has 104 valence electrons. The third-order valence-corrected chi connectivity index (χ3v) is 5.28. The highest BCUT2D eigenvalue weighted by Crippen LogP contribution is 2.26. The summed E-state index contributed by atoms with van der Waals surface area (Å²) in [5.41, 5.74) is 0. The Morgan fingerprint density at radius 2 is 2.10 bits per heavy atom. The number of nitrogens with zero attached hydrogens (tertiary/aromatic N) is 2.